The molecule has 0 atom stereocenters. The Labute approximate surface area is 106 Å². The lowest BCUT2D eigenvalue weighted by Gasteiger charge is -2.01. The Morgan fingerprint density at radius 3 is 3.00 bits per heavy atom. The second kappa shape index (κ2) is 5.23. The Hall–Kier alpha value is -1.20. The molecule has 2 aromatic heterocycles. The Morgan fingerprint density at radius 2 is 2.38 bits per heavy atom. The van der Waals surface area contributed by atoms with Crippen LogP contribution in [-0.4, -0.2) is 10.9 Å². The Balaban J connectivity index is 1.94. The Bertz CT molecular complexity index is 484. The summed E-state index contributed by atoms with van der Waals surface area (Å²) in [4.78, 5) is 16.7. The van der Waals surface area contributed by atoms with Gasteiger partial charge in [0.05, 0.1) is 6.54 Å². The van der Waals surface area contributed by atoms with Crippen LogP contribution in [0.1, 0.15) is 15.4 Å². The number of halogens is 1. The largest absolute Gasteiger partial charge is 0.346 e. The van der Waals surface area contributed by atoms with Gasteiger partial charge in [-0.15, -0.1) is 11.3 Å². The zero-order valence-corrected chi connectivity index (χ0v) is 10.7. The maximum Gasteiger partial charge on any atom is 0.270 e. The number of hydrogen-bond donors (Lipinski definition) is 1. The predicted molar refractivity (Wildman–Crippen MR) is 67.4 cm³/mol. The van der Waals surface area contributed by atoms with Gasteiger partial charge in [-0.1, -0.05) is 6.07 Å². The SMILES string of the molecule is O=C(NCc1cc(Br)cs1)c1ccccn1. The van der Waals surface area contributed by atoms with Crippen molar-refractivity contribution in [1.29, 1.82) is 0 Å². The molecule has 0 fully saturated rings. The molecule has 0 aliphatic carbocycles. The molecule has 16 heavy (non-hydrogen) atoms. The van der Waals surface area contributed by atoms with Gasteiger partial charge >= 0.3 is 0 Å². The first kappa shape index (κ1) is 11.3. The van der Waals surface area contributed by atoms with Crippen molar-refractivity contribution < 1.29 is 4.79 Å². The van der Waals surface area contributed by atoms with E-state index in [1.165, 1.54) is 0 Å². The molecule has 2 rings (SSSR count). The van der Waals surface area contributed by atoms with E-state index in [0.29, 0.717) is 12.2 Å². The lowest BCUT2D eigenvalue weighted by molar-refractivity contribution is 0.0946. The van der Waals surface area contributed by atoms with E-state index in [9.17, 15) is 4.79 Å². The molecule has 0 aromatic carbocycles. The number of nitrogens with zero attached hydrogens (tertiary/aromatic N) is 1. The van der Waals surface area contributed by atoms with Crippen molar-refractivity contribution in [1.82, 2.24) is 10.3 Å². The van der Waals surface area contributed by atoms with Crippen molar-refractivity contribution in [2.24, 2.45) is 0 Å². The van der Waals surface area contributed by atoms with E-state index < -0.39 is 0 Å². The molecule has 0 bridgehead atoms. The standard InChI is InChI=1S/C11H9BrN2OS/c12-8-5-9(16-7-8)6-14-11(15)10-3-1-2-4-13-10/h1-5,7H,6H2,(H,14,15). The van der Waals surface area contributed by atoms with Gasteiger partial charge in [0.1, 0.15) is 5.69 Å². The monoisotopic (exact) mass is 296 g/mol. The molecule has 0 unspecified atom stereocenters. The van der Waals surface area contributed by atoms with Gasteiger partial charge in [-0.2, -0.15) is 0 Å². The summed E-state index contributed by atoms with van der Waals surface area (Å²) >= 11 is 4.97. The first-order valence-electron chi connectivity index (χ1n) is 4.68. The van der Waals surface area contributed by atoms with Gasteiger partial charge in [0.15, 0.2) is 0 Å². The van der Waals surface area contributed by atoms with Crippen LogP contribution in [0.25, 0.3) is 0 Å². The maximum atomic E-state index is 11.6. The summed E-state index contributed by atoms with van der Waals surface area (Å²) in [5.74, 6) is -0.148. The minimum atomic E-state index is -0.148. The van der Waals surface area contributed by atoms with Gasteiger partial charge in [0.2, 0.25) is 0 Å². The third kappa shape index (κ3) is 2.90. The average molecular weight is 297 g/mol. The minimum Gasteiger partial charge on any atom is -0.346 e. The molecule has 0 saturated heterocycles. The van der Waals surface area contributed by atoms with E-state index in [1.807, 2.05) is 11.4 Å². The highest BCUT2D eigenvalue weighted by Crippen LogP contribution is 2.19. The van der Waals surface area contributed by atoms with E-state index in [0.717, 1.165) is 9.35 Å². The fourth-order valence-electron chi connectivity index (χ4n) is 1.20. The molecule has 0 aliphatic rings. The number of thiophene rings is 1. The van der Waals surface area contributed by atoms with Gasteiger partial charge < -0.3 is 5.32 Å². The molecule has 0 saturated carbocycles. The number of carbonyl (C=O) groups excluding carboxylic acids is 1. The summed E-state index contributed by atoms with van der Waals surface area (Å²) < 4.78 is 1.04. The van der Waals surface area contributed by atoms with E-state index in [4.69, 9.17) is 0 Å². The zero-order valence-electron chi connectivity index (χ0n) is 8.31. The van der Waals surface area contributed by atoms with Gasteiger partial charge in [-0.25, -0.2) is 0 Å². The summed E-state index contributed by atoms with van der Waals surface area (Å²) in [5.41, 5.74) is 0.443. The fraction of sp³-hybridized carbons (Fsp3) is 0.0909. The maximum absolute atomic E-state index is 11.6. The van der Waals surface area contributed by atoms with Crippen LogP contribution in [0.2, 0.25) is 0 Å². The zero-order chi connectivity index (χ0) is 11.4. The Morgan fingerprint density at radius 1 is 1.50 bits per heavy atom. The fourth-order valence-corrected chi connectivity index (χ4v) is 2.59. The minimum absolute atomic E-state index is 0.148. The number of pyridine rings is 1. The summed E-state index contributed by atoms with van der Waals surface area (Å²) in [7, 11) is 0. The number of amides is 1. The van der Waals surface area contributed by atoms with Crippen LogP contribution in [0.4, 0.5) is 0 Å². The van der Waals surface area contributed by atoms with Crippen molar-refractivity contribution in [2.45, 2.75) is 6.54 Å². The van der Waals surface area contributed by atoms with E-state index in [-0.39, 0.29) is 5.91 Å². The number of carbonyl (C=O) groups is 1. The van der Waals surface area contributed by atoms with Gasteiger partial charge in [-0.3, -0.25) is 9.78 Å². The lowest BCUT2D eigenvalue weighted by atomic mass is 10.3. The molecule has 2 aromatic rings. The van der Waals surface area contributed by atoms with E-state index >= 15 is 0 Å². The Kier molecular flexibility index (Phi) is 3.69. The molecule has 1 N–H and O–H groups in total. The van der Waals surface area contributed by atoms with Crippen LogP contribution in [0, 0.1) is 0 Å². The molecular weight excluding hydrogens is 288 g/mol. The van der Waals surface area contributed by atoms with Crippen LogP contribution in [0.5, 0.6) is 0 Å². The predicted octanol–water partition coefficient (Wildman–Crippen LogP) is 2.84. The highest BCUT2D eigenvalue weighted by molar-refractivity contribution is 9.10. The van der Waals surface area contributed by atoms with Crippen molar-refractivity contribution in [3.63, 3.8) is 0 Å². The number of aromatic nitrogens is 1. The van der Waals surface area contributed by atoms with Gasteiger partial charge in [-0.05, 0) is 34.1 Å². The first-order valence-corrected chi connectivity index (χ1v) is 6.35. The molecule has 82 valence electrons. The van der Waals surface area contributed by atoms with Crippen LogP contribution in [-0.2, 0) is 6.54 Å². The summed E-state index contributed by atoms with van der Waals surface area (Å²) in [6, 6.07) is 7.26. The average Bonchev–Trinajstić information content (AvgIpc) is 2.73. The van der Waals surface area contributed by atoms with E-state index in [1.54, 1.807) is 35.7 Å². The van der Waals surface area contributed by atoms with Crippen molar-refractivity contribution >= 4 is 33.2 Å². The van der Waals surface area contributed by atoms with Crippen molar-refractivity contribution in [3.8, 4) is 0 Å². The lowest BCUT2D eigenvalue weighted by Crippen LogP contribution is -2.23. The number of hydrogen-bond acceptors (Lipinski definition) is 3. The topological polar surface area (TPSA) is 42.0 Å². The van der Waals surface area contributed by atoms with Crippen molar-refractivity contribution in [3.05, 3.63) is 50.9 Å². The first-order chi connectivity index (χ1) is 7.75. The highest BCUT2D eigenvalue weighted by Gasteiger charge is 2.06. The van der Waals surface area contributed by atoms with Crippen LogP contribution >= 0.6 is 27.3 Å². The molecule has 1 amide bonds. The molecule has 2 heterocycles. The smallest absolute Gasteiger partial charge is 0.270 e. The molecule has 0 aliphatic heterocycles. The van der Waals surface area contributed by atoms with Crippen LogP contribution in [0.15, 0.2) is 40.3 Å². The second-order valence-electron chi connectivity index (χ2n) is 3.13. The van der Waals surface area contributed by atoms with E-state index in [2.05, 4.69) is 26.2 Å². The molecule has 5 heteroatoms. The molecule has 3 nitrogen and oxygen atoms in total. The third-order valence-corrected chi connectivity index (χ3v) is 3.64. The van der Waals surface area contributed by atoms with Crippen LogP contribution < -0.4 is 5.32 Å². The van der Waals surface area contributed by atoms with Gasteiger partial charge in [0, 0.05) is 20.9 Å². The summed E-state index contributed by atoms with van der Waals surface area (Å²) in [5, 5.41) is 4.81. The number of rotatable bonds is 3. The van der Waals surface area contributed by atoms with Gasteiger partial charge in [0.25, 0.3) is 5.91 Å². The normalized spacial score (nSPS) is 10.1. The third-order valence-electron chi connectivity index (χ3n) is 1.94. The summed E-state index contributed by atoms with van der Waals surface area (Å²) in [6.07, 6.45) is 1.61. The number of nitrogens with one attached hydrogen (secondary N) is 1. The molecule has 0 spiro atoms. The molecule has 0 radical (unpaired) electrons. The summed E-state index contributed by atoms with van der Waals surface area (Å²) in [6.45, 7) is 0.533. The second-order valence-corrected chi connectivity index (χ2v) is 5.04. The quantitative estimate of drug-likeness (QED) is 0.946. The van der Waals surface area contributed by atoms with Crippen molar-refractivity contribution in [2.75, 3.05) is 0 Å². The highest BCUT2D eigenvalue weighted by atomic mass is 79.9. The molecular formula is C11H9BrN2OS. The van der Waals surface area contributed by atoms with Crippen LogP contribution in [0.3, 0.4) is 0 Å².